The molecule has 0 unspecified atom stereocenters. The number of pyridine rings is 1. The van der Waals surface area contributed by atoms with Crippen LogP contribution in [-0.2, 0) is 0 Å². The summed E-state index contributed by atoms with van der Waals surface area (Å²) >= 11 is 2.17. The van der Waals surface area contributed by atoms with Crippen LogP contribution in [-0.4, -0.2) is 23.7 Å². The van der Waals surface area contributed by atoms with E-state index in [1.165, 1.54) is 0 Å². The van der Waals surface area contributed by atoms with Crippen molar-refractivity contribution in [1.29, 1.82) is 0 Å². The number of aromatic nitrogens is 1. The highest BCUT2D eigenvalue weighted by Gasteiger charge is 2.13. The number of terminal acetylenes is 1. The van der Waals surface area contributed by atoms with Crippen molar-refractivity contribution in [3.63, 3.8) is 0 Å². The predicted molar refractivity (Wildman–Crippen MR) is 136 cm³/mol. The zero-order valence-corrected chi connectivity index (χ0v) is 19.1. The van der Waals surface area contributed by atoms with Crippen molar-refractivity contribution >= 4 is 45.6 Å². The molecule has 0 saturated carbocycles. The molecule has 5 nitrogen and oxygen atoms in total. The second-order valence-electron chi connectivity index (χ2n) is 6.82. The maximum atomic E-state index is 13.0. The maximum absolute atomic E-state index is 13.0. The van der Waals surface area contributed by atoms with Gasteiger partial charge in [0.05, 0.1) is 26.6 Å². The average molecular weight is 531 g/mol. The first-order valence-electron chi connectivity index (χ1n) is 9.80. The SMILES string of the molecule is C#CCOc1ccc(/C=N/NC(=O)c2cc(-c3ccccc3)nc3ccccc23)cc1I. The molecule has 6 heteroatoms. The number of hydrogen-bond donors (Lipinski definition) is 1. The third-order valence-electron chi connectivity index (χ3n) is 4.68. The van der Waals surface area contributed by atoms with Gasteiger partial charge in [0.25, 0.3) is 5.91 Å². The molecule has 3 aromatic carbocycles. The maximum Gasteiger partial charge on any atom is 0.272 e. The van der Waals surface area contributed by atoms with Crippen molar-refractivity contribution in [2.75, 3.05) is 6.61 Å². The highest BCUT2D eigenvalue weighted by molar-refractivity contribution is 14.1. The van der Waals surface area contributed by atoms with Gasteiger partial charge in [-0.3, -0.25) is 4.79 Å². The van der Waals surface area contributed by atoms with Crippen molar-refractivity contribution in [3.05, 3.63) is 93.6 Å². The minimum absolute atomic E-state index is 0.213. The van der Waals surface area contributed by atoms with E-state index in [4.69, 9.17) is 16.1 Å². The number of para-hydroxylation sites is 1. The summed E-state index contributed by atoms with van der Waals surface area (Å²) in [7, 11) is 0. The summed E-state index contributed by atoms with van der Waals surface area (Å²) in [5.74, 6) is 2.85. The molecule has 0 aliphatic rings. The van der Waals surface area contributed by atoms with E-state index in [2.05, 4.69) is 39.0 Å². The molecule has 1 N–H and O–H groups in total. The number of ether oxygens (including phenoxy) is 1. The van der Waals surface area contributed by atoms with Crippen molar-refractivity contribution < 1.29 is 9.53 Å². The monoisotopic (exact) mass is 531 g/mol. The van der Waals surface area contributed by atoms with Gasteiger partial charge in [-0.25, -0.2) is 10.4 Å². The lowest BCUT2D eigenvalue weighted by atomic mass is 10.0. The van der Waals surface area contributed by atoms with Crippen LogP contribution in [0.1, 0.15) is 15.9 Å². The molecule has 32 heavy (non-hydrogen) atoms. The number of rotatable bonds is 6. The van der Waals surface area contributed by atoms with E-state index >= 15 is 0 Å². The lowest BCUT2D eigenvalue weighted by molar-refractivity contribution is 0.0956. The number of nitrogens with zero attached hydrogens (tertiary/aromatic N) is 2. The highest BCUT2D eigenvalue weighted by Crippen LogP contribution is 2.25. The molecule has 1 amide bonds. The Kier molecular flexibility index (Phi) is 6.78. The number of carbonyl (C=O) groups excluding carboxylic acids is 1. The van der Waals surface area contributed by atoms with Gasteiger partial charge >= 0.3 is 0 Å². The smallest absolute Gasteiger partial charge is 0.272 e. The van der Waals surface area contributed by atoms with E-state index in [1.807, 2.05) is 72.8 Å². The Balaban J connectivity index is 1.58. The topological polar surface area (TPSA) is 63.6 Å². The molecule has 0 atom stereocenters. The van der Waals surface area contributed by atoms with Crippen molar-refractivity contribution in [3.8, 4) is 29.4 Å². The lowest BCUT2D eigenvalue weighted by Gasteiger charge is -2.09. The Morgan fingerprint density at radius 1 is 1.09 bits per heavy atom. The van der Waals surface area contributed by atoms with E-state index in [-0.39, 0.29) is 12.5 Å². The predicted octanol–water partition coefficient (Wildman–Crippen LogP) is 5.28. The van der Waals surface area contributed by atoms with Crippen LogP contribution in [0.2, 0.25) is 0 Å². The van der Waals surface area contributed by atoms with Crippen molar-refractivity contribution in [1.82, 2.24) is 10.4 Å². The standard InChI is InChI=1S/C26H18IN3O2/c1-2-14-32-25-13-12-18(15-22(25)27)17-28-30-26(31)21-16-24(19-8-4-3-5-9-19)29-23-11-7-6-10-20(21)23/h1,3-13,15-17H,14H2,(H,30,31)/b28-17+. The Bertz CT molecular complexity index is 1340. The van der Waals surface area contributed by atoms with Gasteiger partial charge < -0.3 is 4.74 Å². The largest absolute Gasteiger partial charge is 0.480 e. The summed E-state index contributed by atoms with van der Waals surface area (Å²) < 4.78 is 6.37. The van der Waals surface area contributed by atoms with Crippen LogP contribution in [0.15, 0.2) is 84.0 Å². The minimum Gasteiger partial charge on any atom is -0.480 e. The van der Waals surface area contributed by atoms with Gasteiger partial charge in [0.2, 0.25) is 0 Å². The van der Waals surface area contributed by atoms with Crippen LogP contribution in [0.5, 0.6) is 5.75 Å². The molecule has 0 aliphatic heterocycles. The number of amides is 1. The zero-order chi connectivity index (χ0) is 22.3. The number of hydrazone groups is 1. The Labute approximate surface area is 199 Å². The molecule has 0 radical (unpaired) electrons. The normalized spacial score (nSPS) is 10.8. The summed E-state index contributed by atoms with van der Waals surface area (Å²) in [4.78, 5) is 17.7. The van der Waals surface area contributed by atoms with Crippen molar-refractivity contribution in [2.24, 2.45) is 5.10 Å². The fraction of sp³-hybridized carbons (Fsp3) is 0.0385. The molecule has 0 bridgehead atoms. The van der Waals surface area contributed by atoms with E-state index in [0.29, 0.717) is 11.3 Å². The van der Waals surface area contributed by atoms with E-state index in [1.54, 1.807) is 12.3 Å². The summed E-state index contributed by atoms with van der Waals surface area (Å²) in [5, 5.41) is 4.91. The summed E-state index contributed by atoms with van der Waals surface area (Å²) in [6.45, 7) is 0.213. The van der Waals surface area contributed by atoms with E-state index < -0.39 is 0 Å². The molecule has 0 saturated heterocycles. The number of halogens is 1. The lowest BCUT2D eigenvalue weighted by Crippen LogP contribution is -2.18. The van der Waals surface area contributed by atoms with Gasteiger partial charge in [0.1, 0.15) is 12.4 Å². The van der Waals surface area contributed by atoms with Gasteiger partial charge in [-0.15, -0.1) is 6.42 Å². The van der Waals surface area contributed by atoms with Gasteiger partial charge in [-0.2, -0.15) is 5.10 Å². The number of hydrogen-bond acceptors (Lipinski definition) is 4. The van der Waals surface area contributed by atoms with E-state index in [9.17, 15) is 4.79 Å². The first kappa shape index (κ1) is 21.5. The van der Waals surface area contributed by atoms with Gasteiger partial charge in [-0.1, -0.05) is 54.5 Å². The number of carbonyl (C=O) groups is 1. The summed E-state index contributed by atoms with van der Waals surface area (Å²) in [6.07, 6.45) is 6.82. The van der Waals surface area contributed by atoms with Gasteiger partial charge in [-0.05, 0) is 58.5 Å². The van der Waals surface area contributed by atoms with Crippen LogP contribution in [0, 0.1) is 15.9 Å². The fourth-order valence-corrected chi connectivity index (χ4v) is 3.87. The Morgan fingerprint density at radius 2 is 1.88 bits per heavy atom. The quantitative estimate of drug-likeness (QED) is 0.159. The number of fused-ring (bicyclic) bond motifs is 1. The van der Waals surface area contributed by atoms with Crippen LogP contribution >= 0.6 is 22.6 Å². The first-order chi connectivity index (χ1) is 15.7. The molecule has 4 rings (SSSR count). The second kappa shape index (κ2) is 10.1. The zero-order valence-electron chi connectivity index (χ0n) is 17.0. The third kappa shape index (κ3) is 4.95. The number of benzene rings is 3. The first-order valence-corrected chi connectivity index (χ1v) is 10.9. The Hall–Kier alpha value is -3.70. The van der Waals surface area contributed by atoms with Crippen LogP contribution in [0.4, 0.5) is 0 Å². The fourth-order valence-electron chi connectivity index (χ4n) is 3.18. The van der Waals surface area contributed by atoms with Crippen LogP contribution in [0.3, 0.4) is 0 Å². The van der Waals surface area contributed by atoms with Gasteiger partial charge in [0.15, 0.2) is 0 Å². The molecule has 0 fully saturated rings. The second-order valence-corrected chi connectivity index (χ2v) is 7.98. The molecule has 4 aromatic rings. The number of nitrogens with one attached hydrogen (secondary N) is 1. The summed E-state index contributed by atoms with van der Waals surface area (Å²) in [5.41, 5.74) is 6.39. The molecular weight excluding hydrogens is 513 g/mol. The van der Waals surface area contributed by atoms with E-state index in [0.717, 1.165) is 31.3 Å². The highest BCUT2D eigenvalue weighted by atomic mass is 127. The third-order valence-corrected chi connectivity index (χ3v) is 5.52. The molecular formula is C26H18IN3O2. The molecule has 156 valence electrons. The molecule has 1 aromatic heterocycles. The van der Waals surface area contributed by atoms with Gasteiger partial charge in [0, 0.05) is 10.9 Å². The van der Waals surface area contributed by atoms with Crippen molar-refractivity contribution in [2.45, 2.75) is 0 Å². The Morgan fingerprint density at radius 3 is 2.66 bits per heavy atom. The van der Waals surface area contributed by atoms with Crippen LogP contribution in [0.25, 0.3) is 22.2 Å². The molecule has 1 heterocycles. The molecule has 0 aliphatic carbocycles. The summed E-state index contributed by atoms with van der Waals surface area (Å²) in [6, 6.07) is 24.7. The molecule has 0 spiro atoms. The van der Waals surface area contributed by atoms with Crippen LogP contribution < -0.4 is 10.2 Å². The minimum atomic E-state index is -0.305. The average Bonchev–Trinajstić information content (AvgIpc) is 2.83.